The molecule has 0 saturated carbocycles. The third-order valence-corrected chi connectivity index (χ3v) is 6.18. The zero-order valence-electron chi connectivity index (χ0n) is 18.2. The van der Waals surface area contributed by atoms with E-state index in [0.29, 0.717) is 11.3 Å². The summed E-state index contributed by atoms with van der Waals surface area (Å²) in [4.78, 5) is 28.3. The predicted octanol–water partition coefficient (Wildman–Crippen LogP) is 4.11. The molecule has 1 N–H and O–H groups in total. The molecule has 0 aliphatic rings. The molecule has 3 aromatic rings. The number of sulfonamides is 1. The maximum Gasteiger partial charge on any atom is 0.325 e. The highest BCUT2D eigenvalue weighted by atomic mass is 32.2. The Labute approximate surface area is 192 Å². The molecule has 0 saturated heterocycles. The number of anilines is 1. The lowest BCUT2D eigenvalue weighted by Gasteiger charge is -2.06. The Balaban J connectivity index is 1.92. The van der Waals surface area contributed by atoms with Crippen molar-refractivity contribution in [3.63, 3.8) is 0 Å². The third-order valence-electron chi connectivity index (χ3n) is 4.87. The fraction of sp³-hybridized carbons (Fsp3) is 0.208. The largest absolute Gasteiger partial charge is 0.465 e. The summed E-state index contributed by atoms with van der Waals surface area (Å²) in [6, 6.07) is 13.3. The minimum Gasteiger partial charge on any atom is -0.465 e. The standard InChI is InChI=1S/C24H23N3O5S/c1-4-32-23(28)16-27-15-18(20-8-6-7-9-22(20)27)14-21(25-3)24(29)17-10-12-19(13-11-17)26-33(30,31)5-2/h6-15,26H,4-5,16H2,1-2H3/b21-14+. The molecule has 2 aromatic carbocycles. The molecule has 170 valence electrons. The van der Waals surface area contributed by atoms with Crippen LogP contribution in [0, 0.1) is 6.57 Å². The molecule has 0 atom stereocenters. The molecule has 1 aromatic heterocycles. The molecule has 1 heterocycles. The maximum absolute atomic E-state index is 12.9. The van der Waals surface area contributed by atoms with Crippen LogP contribution in [-0.2, 0) is 26.1 Å². The second-order valence-corrected chi connectivity index (χ2v) is 9.10. The van der Waals surface area contributed by atoms with Gasteiger partial charge >= 0.3 is 5.97 Å². The van der Waals surface area contributed by atoms with Crippen molar-refractivity contribution in [2.75, 3.05) is 17.1 Å². The second-order valence-electron chi connectivity index (χ2n) is 7.09. The van der Waals surface area contributed by atoms with Crippen LogP contribution in [0.5, 0.6) is 0 Å². The van der Waals surface area contributed by atoms with E-state index in [2.05, 4.69) is 9.57 Å². The van der Waals surface area contributed by atoms with Gasteiger partial charge in [-0.25, -0.2) is 13.3 Å². The lowest BCUT2D eigenvalue weighted by Crippen LogP contribution is -2.14. The van der Waals surface area contributed by atoms with Gasteiger partial charge in [-0.15, -0.1) is 0 Å². The van der Waals surface area contributed by atoms with E-state index in [-0.39, 0.29) is 36.1 Å². The molecule has 8 nitrogen and oxygen atoms in total. The first kappa shape index (κ1) is 23.8. The van der Waals surface area contributed by atoms with E-state index in [1.165, 1.54) is 37.3 Å². The number of carbonyl (C=O) groups is 2. The van der Waals surface area contributed by atoms with E-state index in [9.17, 15) is 18.0 Å². The molecule has 33 heavy (non-hydrogen) atoms. The van der Waals surface area contributed by atoms with Gasteiger partial charge in [0.25, 0.3) is 0 Å². The Morgan fingerprint density at radius 3 is 2.45 bits per heavy atom. The smallest absolute Gasteiger partial charge is 0.325 e. The number of Topliss-reactive ketones (excluding diaryl/α,β-unsaturated/α-hetero) is 1. The number of carbonyl (C=O) groups excluding carboxylic acids is 2. The average molecular weight is 466 g/mol. The Morgan fingerprint density at radius 1 is 1.12 bits per heavy atom. The summed E-state index contributed by atoms with van der Waals surface area (Å²) >= 11 is 0. The number of benzene rings is 2. The van der Waals surface area contributed by atoms with Gasteiger partial charge < -0.3 is 14.1 Å². The first-order chi connectivity index (χ1) is 15.8. The Kier molecular flexibility index (Phi) is 7.30. The number of fused-ring (bicyclic) bond motifs is 1. The van der Waals surface area contributed by atoms with Crippen molar-refractivity contribution >= 4 is 44.4 Å². The van der Waals surface area contributed by atoms with Gasteiger partial charge in [0, 0.05) is 28.4 Å². The molecule has 3 rings (SSSR count). The van der Waals surface area contributed by atoms with Crippen molar-refractivity contribution in [3.05, 3.63) is 83.0 Å². The number of ketones is 1. The van der Waals surface area contributed by atoms with E-state index in [4.69, 9.17) is 11.3 Å². The second kappa shape index (κ2) is 10.1. The van der Waals surface area contributed by atoms with Crippen molar-refractivity contribution in [1.82, 2.24) is 4.57 Å². The number of esters is 1. The number of nitrogens with zero attached hydrogens (tertiary/aromatic N) is 2. The van der Waals surface area contributed by atoms with E-state index in [0.717, 1.165) is 10.9 Å². The van der Waals surface area contributed by atoms with Gasteiger partial charge in [-0.3, -0.25) is 9.52 Å². The summed E-state index contributed by atoms with van der Waals surface area (Å²) in [5.41, 5.74) is 1.90. The molecular formula is C24H23N3O5S. The van der Waals surface area contributed by atoms with Gasteiger partial charge in [-0.05, 0) is 43.7 Å². The van der Waals surface area contributed by atoms with Gasteiger partial charge in [0.1, 0.15) is 6.54 Å². The van der Waals surface area contributed by atoms with Crippen molar-refractivity contribution in [1.29, 1.82) is 0 Å². The predicted molar refractivity (Wildman–Crippen MR) is 127 cm³/mol. The number of hydrogen-bond acceptors (Lipinski definition) is 5. The fourth-order valence-corrected chi connectivity index (χ4v) is 3.89. The monoisotopic (exact) mass is 465 g/mol. The SMILES string of the molecule is [C-]#[N+]/C(=C/c1cn(CC(=O)OCC)c2ccccc12)C(=O)c1ccc(NS(=O)(=O)CC)cc1. The number of allylic oxidation sites excluding steroid dienone is 1. The normalized spacial score (nSPS) is 11.7. The van der Waals surface area contributed by atoms with Crippen LogP contribution in [0.25, 0.3) is 21.8 Å². The summed E-state index contributed by atoms with van der Waals surface area (Å²) in [6.45, 7) is 11.1. The van der Waals surface area contributed by atoms with Crippen LogP contribution >= 0.6 is 0 Å². The molecule has 0 unspecified atom stereocenters. The molecule has 0 amide bonds. The van der Waals surface area contributed by atoms with Crippen molar-refractivity contribution in [3.8, 4) is 0 Å². The lowest BCUT2D eigenvalue weighted by molar-refractivity contribution is -0.143. The van der Waals surface area contributed by atoms with Gasteiger partial charge in [-0.2, -0.15) is 0 Å². The topological polar surface area (TPSA) is 98.8 Å². The number of hydrogen-bond donors (Lipinski definition) is 1. The number of nitrogens with one attached hydrogen (secondary N) is 1. The first-order valence-electron chi connectivity index (χ1n) is 10.3. The third kappa shape index (κ3) is 5.67. The zero-order chi connectivity index (χ0) is 24.0. The molecule has 0 radical (unpaired) electrons. The molecule has 0 aliphatic heterocycles. The van der Waals surface area contributed by atoms with E-state index >= 15 is 0 Å². The molecule has 9 heteroatoms. The van der Waals surface area contributed by atoms with Gasteiger partial charge in [0.2, 0.25) is 15.7 Å². The summed E-state index contributed by atoms with van der Waals surface area (Å²) in [5, 5.41) is 0.792. The molecule has 0 bridgehead atoms. The Hall–Kier alpha value is -3.90. The molecule has 0 aliphatic carbocycles. The number of ether oxygens (including phenoxy) is 1. The van der Waals surface area contributed by atoms with Crippen molar-refractivity contribution in [2.24, 2.45) is 0 Å². The van der Waals surface area contributed by atoms with E-state index < -0.39 is 15.8 Å². The summed E-state index contributed by atoms with van der Waals surface area (Å²) in [6.07, 6.45) is 3.20. The number of rotatable bonds is 9. The fourth-order valence-electron chi connectivity index (χ4n) is 3.25. The zero-order valence-corrected chi connectivity index (χ0v) is 19.1. The summed E-state index contributed by atoms with van der Waals surface area (Å²) in [5.74, 6) is -0.937. The minimum absolute atomic E-state index is 0.0125. The van der Waals surface area contributed by atoms with Crippen LogP contribution in [-0.4, -0.2) is 37.1 Å². The van der Waals surface area contributed by atoms with Crippen LogP contribution in [0.4, 0.5) is 5.69 Å². The minimum atomic E-state index is -3.43. The Bertz CT molecular complexity index is 1360. The van der Waals surface area contributed by atoms with Gasteiger partial charge in [0.15, 0.2) is 5.78 Å². The summed E-state index contributed by atoms with van der Waals surface area (Å²) < 4.78 is 32.6. The quantitative estimate of drug-likeness (QED) is 0.222. The van der Waals surface area contributed by atoms with E-state index in [1.807, 2.05) is 24.3 Å². The van der Waals surface area contributed by atoms with E-state index in [1.54, 1.807) is 17.7 Å². The van der Waals surface area contributed by atoms with Crippen LogP contribution < -0.4 is 4.72 Å². The molecule has 0 spiro atoms. The van der Waals surface area contributed by atoms with Gasteiger partial charge in [0.05, 0.1) is 18.9 Å². The van der Waals surface area contributed by atoms with Crippen LogP contribution in [0.15, 0.2) is 60.4 Å². The van der Waals surface area contributed by atoms with Crippen molar-refractivity contribution < 1.29 is 22.7 Å². The highest BCUT2D eigenvalue weighted by Crippen LogP contribution is 2.25. The summed E-state index contributed by atoms with van der Waals surface area (Å²) in [7, 11) is -3.43. The molecule has 0 fully saturated rings. The van der Waals surface area contributed by atoms with Crippen LogP contribution in [0.1, 0.15) is 29.8 Å². The van der Waals surface area contributed by atoms with Crippen molar-refractivity contribution in [2.45, 2.75) is 20.4 Å². The van der Waals surface area contributed by atoms with Gasteiger partial charge in [-0.1, -0.05) is 30.3 Å². The number of aromatic nitrogens is 1. The Morgan fingerprint density at radius 2 is 1.82 bits per heavy atom. The van der Waals surface area contributed by atoms with Crippen LogP contribution in [0.3, 0.4) is 0 Å². The van der Waals surface area contributed by atoms with Crippen LogP contribution in [0.2, 0.25) is 0 Å². The highest BCUT2D eigenvalue weighted by molar-refractivity contribution is 7.92. The number of para-hydroxylation sites is 1. The maximum atomic E-state index is 12.9. The lowest BCUT2D eigenvalue weighted by atomic mass is 10.1. The average Bonchev–Trinajstić information content (AvgIpc) is 3.14. The molecular weight excluding hydrogens is 442 g/mol. The highest BCUT2D eigenvalue weighted by Gasteiger charge is 2.16. The first-order valence-corrected chi connectivity index (χ1v) is 11.9.